The Hall–Kier alpha value is -1.85. The summed E-state index contributed by atoms with van der Waals surface area (Å²) in [5.41, 5.74) is 2.92. The van der Waals surface area contributed by atoms with Crippen LogP contribution < -0.4 is 10.6 Å². The molecule has 0 spiro atoms. The molecule has 24 heavy (non-hydrogen) atoms. The van der Waals surface area contributed by atoms with E-state index in [4.69, 9.17) is 9.47 Å². The number of rotatable bonds is 8. The molecule has 0 aromatic heterocycles. The van der Waals surface area contributed by atoms with Crippen molar-refractivity contribution in [3.8, 4) is 0 Å². The molecule has 1 aliphatic carbocycles. The largest absolute Gasteiger partial charge is 0.379 e. The number of hydrogen-bond donors (Lipinski definition) is 2. The highest BCUT2D eigenvalue weighted by molar-refractivity contribution is 5.90. The SMILES string of the molecule is CCOCCOCc1cccc(NC(=O)NC2C=CCCC2)c1C. The third-order valence-corrected chi connectivity index (χ3v) is 4.10. The molecule has 0 bridgehead atoms. The summed E-state index contributed by atoms with van der Waals surface area (Å²) in [7, 11) is 0. The number of hydrogen-bond acceptors (Lipinski definition) is 3. The van der Waals surface area contributed by atoms with E-state index in [0.29, 0.717) is 26.4 Å². The van der Waals surface area contributed by atoms with Gasteiger partial charge in [-0.05, 0) is 50.3 Å². The summed E-state index contributed by atoms with van der Waals surface area (Å²) in [6, 6.07) is 5.83. The average molecular weight is 332 g/mol. The number of urea groups is 1. The van der Waals surface area contributed by atoms with Gasteiger partial charge >= 0.3 is 6.03 Å². The molecule has 1 aromatic carbocycles. The standard InChI is InChI=1S/C19H28N2O3/c1-3-23-12-13-24-14-16-8-7-11-18(15(16)2)21-19(22)20-17-9-5-4-6-10-17/h5,7-9,11,17H,3-4,6,10,12-14H2,1-2H3,(H2,20,21,22). The molecule has 2 rings (SSSR count). The van der Waals surface area contributed by atoms with Crippen molar-refractivity contribution in [2.45, 2.75) is 45.8 Å². The molecule has 0 fully saturated rings. The molecular formula is C19H28N2O3. The van der Waals surface area contributed by atoms with Gasteiger partial charge in [-0.15, -0.1) is 0 Å². The van der Waals surface area contributed by atoms with E-state index in [1.165, 1.54) is 0 Å². The topological polar surface area (TPSA) is 59.6 Å². The second-order valence-electron chi connectivity index (χ2n) is 5.90. The smallest absolute Gasteiger partial charge is 0.319 e. The first kappa shape index (κ1) is 18.5. The Morgan fingerprint density at radius 1 is 1.29 bits per heavy atom. The first-order chi connectivity index (χ1) is 11.7. The first-order valence-electron chi connectivity index (χ1n) is 8.69. The lowest BCUT2D eigenvalue weighted by Crippen LogP contribution is -2.37. The Morgan fingerprint density at radius 3 is 2.88 bits per heavy atom. The Labute approximate surface area is 144 Å². The predicted molar refractivity (Wildman–Crippen MR) is 96.3 cm³/mol. The number of ether oxygens (including phenoxy) is 2. The van der Waals surface area contributed by atoms with Crippen LogP contribution in [0.4, 0.5) is 10.5 Å². The fourth-order valence-corrected chi connectivity index (χ4v) is 2.68. The molecule has 5 heteroatoms. The molecule has 0 aliphatic heterocycles. The van der Waals surface area contributed by atoms with E-state index in [1.807, 2.05) is 32.0 Å². The minimum atomic E-state index is -0.163. The van der Waals surface area contributed by atoms with E-state index in [0.717, 1.165) is 36.1 Å². The lowest BCUT2D eigenvalue weighted by atomic mass is 10.0. The van der Waals surface area contributed by atoms with Crippen molar-refractivity contribution in [3.63, 3.8) is 0 Å². The summed E-state index contributed by atoms with van der Waals surface area (Å²) in [6.45, 7) is 6.35. The second-order valence-corrected chi connectivity index (χ2v) is 5.90. The zero-order valence-electron chi connectivity index (χ0n) is 14.6. The van der Waals surface area contributed by atoms with Gasteiger partial charge in [-0.25, -0.2) is 4.79 Å². The number of allylic oxidation sites excluding steroid dienone is 1. The van der Waals surface area contributed by atoms with Gasteiger partial charge in [0.05, 0.1) is 19.8 Å². The molecule has 132 valence electrons. The fourth-order valence-electron chi connectivity index (χ4n) is 2.68. The van der Waals surface area contributed by atoms with Crippen LogP contribution in [0.15, 0.2) is 30.4 Å². The molecular weight excluding hydrogens is 304 g/mol. The number of nitrogens with one attached hydrogen (secondary N) is 2. The van der Waals surface area contributed by atoms with Crippen LogP contribution in [0.25, 0.3) is 0 Å². The summed E-state index contributed by atoms with van der Waals surface area (Å²) in [5, 5.41) is 5.94. The van der Waals surface area contributed by atoms with Crippen molar-refractivity contribution >= 4 is 11.7 Å². The summed E-state index contributed by atoms with van der Waals surface area (Å²) < 4.78 is 10.9. The van der Waals surface area contributed by atoms with Crippen molar-refractivity contribution in [2.75, 3.05) is 25.1 Å². The van der Waals surface area contributed by atoms with Crippen LogP contribution in [0, 0.1) is 6.92 Å². The Balaban J connectivity index is 1.85. The molecule has 1 aromatic rings. The molecule has 1 unspecified atom stereocenters. The van der Waals surface area contributed by atoms with Gasteiger partial charge in [0.25, 0.3) is 0 Å². The Morgan fingerprint density at radius 2 is 2.12 bits per heavy atom. The number of amides is 2. The van der Waals surface area contributed by atoms with Crippen LogP contribution in [0.3, 0.4) is 0 Å². The summed E-state index contributed by atoms with van der Waals surface area (Å²) in [5.74, 6) is 0. The van der Waals surface area contributed by atoms with Crippen molar-refractivity contribution in [3.05, 3.63) is 41.5 Å². The Bertz CT molecular complexity index is 558. The number of anilines is 1. The average Bonchev–Trinajstić information content (AvgIpc) is 2.58. The van der Waals surface area contributed by atoms with Gasteiger partial charge in [0.1, 0.15) is 0 Å². The van der Waals surface area contributed by atoms with Gasteiger partial charge in [0.2, 0.25) is 0 Å². The minimum Gasteiger partial charge on any atom is -0.379 e. The van der Waals surface area contributed by atoms with Gasteiger partial charge in [-0.1, -0.05) is 24.3 Å². The van der Waals surface area contributed by atoms with Crippen molar-refractivity contribution in [2.24, 2.45) is 0 Å². The molecule has 0 saturated heterocycles. The van der Waals surface area contributed by atoms with E-state index in [2.05, 4.69) is 22.8 Å². The normalized spacial score (nSPS) is 16.8. The van der Waals surface area contributed by atoms with E-state index in [-0.39, 0.29) is 12.1 Å². The van der Waals surface area contributed by atoms with E-state index >= 15 is 0 Å². The van der Waals surface area contributed by atoms with Crippen LogP contribution in [0.1, 0.15) is 37.3 Å². The predicted octanol–water partition coefficient (Wildman–Crippen LogP) is 3.78. The van der Waals surface area contributed by atoms with Gasteiger partial charge < -0.3 is 20.1 Å². The summed E-state index contributed by atoms with van der Waals surface area (Å²) >= 11 is 0. The fraction of sp³-hybridized carbons (Fsp3) is 0.526. The van der Waals surface area contributed by atoms with Gasteiger partial charge in [-0.2, -0.15) is 0 Å². The zero-order chi connectivity index (χ0) is 17.2. The minimum absolute atomic E-state index is 0.129. The maximum atomic E-state index is 12.2. The third kappa shape index (κ3) is 5.98. The quantitative estimate of drug-likeness (QED) is 0.562. The molecule has 1 aliphatic rings. The Kier molecular flexibility index (Phi) is 7.79. The molecule has 1 atom stereocenters. The lowest BCUT2D eigenvalue weighted by molar-refractivity contribution is 0.0451. The maximum absolute atomic E-state index is 12.2. The monoisotopic (exact) mass is 332 g/mol. The third-order valence-electron chi connectivity index (χ3n) is 4.10. The highest BCUT2D eigenvalue weighted by Crippen LogP contribution is 2.20. The molecule has 0 radical (unpaired) electrons. The van der Waals surface area contributed by atoms with Gasteiger partial charge in [0, 0.05) is 18.3 Å². The number of carbonyl (C=O) groups is 1. The molecule has 2 N–H and O–H groups in total. The van der Waals surface area contributed by atoms with Crippen molar-refractivity contribution in [1.82, 2.24) is 5.32 Å². The van der Waals surface area contributed by atoms with E-state index in [9.17, 15) is 4.79 Å². The van der Waals surface area contributed by atoms with Gasteiger partial charge in [0.15, 0.2) is 0 Å². The number of benzene rings is 1. The number of carbonyl (C=O) groups excluding carboxylic acids is 1. The summed E-state index contributed by atoms with van der Waals surface area (Å²) in [6.07, 6.45) is 7.41. The van der Waals surface area contributed by atoms with Crippen LogP contribution in [-0.4, -0.2) is 31.9 Å². The molecule has 5 nitrogen and oxygen atoms in total. The molecule has 0 saturated carbocycles. The highest BCUT2D eigenvalue weighted by Gasteiger charge is 2.13. The molecule has 2 amide bonds. The maximum Gasteiger partial charge on any atom is 0.319 e. The van der Waals surface area contributed by atoms with Crippen LogP contribution in [0.5, 0.6) is 0 Å². The van der Waals surface area contributed by atoms with E-state index in [1.54, 1.807) is 0 Å². The van der Waals surface area contributed by atoms with Crippen molar-refractivity contribution in [1.29, 1.82) is 0 Å². The van der Waals surface area contributed by atoms with Crippen LogP contribution in [0.2, 0.25) is 0 Å². The highest BCUT2D eigenvalue weighted by atomic mass is 16.5. The van der Waals surface area contributed by atoms with Crippen LogP contribution >= 0.6 is 0 Å². The van der Waals surface area contributed by atoms with Gasteiger partial charge in [-0.3, -0.25) is 0 Å². The lowest BCUT2D eigenvalue weighted by Gasteiger charge is -2.19. The second kappa shape index (κ2) is 10.1. The molecule has 0 heterocycles. The first-order valence-corrected chi connectivity index (χ1v) is 8.69. The van der Waals surface area contributed by atoms with Crippen molar-refractivity contribution < 1.29 is 14.3 Å². The van der Waals surface area contributed by atoms with Crippen LogP contribution in [-0.2, 0) is 16.1 Å². The zero-order valence-corrected chi connectivity index (χ0v) is 14.6. The van der Waals surface area contributed by atoms with E-state index < -0.39 is 0 Å². The summed E-state index contributed by atoms with van der Waals surface area (Å²) in [4.78, 5) is 12.2.